The third-order valence-corrected chi connectivity index (χ3v) is 3.12. The first-order chi connectivity index (χ1) is 8.31. The maximum absolute atomic E-state index is 5.24. The molecule has 0 saturated carbocycles. The van der Waals surface area contributed by atoms with Crippen molar-refractivity contribution in [3.63, 3.8) is 0 Å². The molecular weight excluding hydrogens is 374 g/mol. The maximum atomic E-state index is 5.24. The average molecular weight is 387 g/mol. The SMILES string of the molecule is COc1ccc2c(c1)[cH-]c1cc(OC)ccc12.[Cl-].[Cl-].[Zr+3]. The third-order valence-electron chi connectivity index (χ3n) is 3.12. The number of hydrogen-bond donors (Lipinski definition) is 0. The minimum absolute atomic E-state index is 0. The second-order valence-electron chi connectivity index (χ2n) is 4.05. The first-order valence-electron chi connectivity index (χ1n) is 5.53. The van der Waals surface area contributed by atoms with Crippen molar-refractivity contribution in [3.05, 3.63) is 42.5 Å². The zero-order valence-corrected chi connectivity index (χ0v) is 15.1. The molecule has 1 radical (unpaired) electrons. The molecule has 0 saturated heterocycles. The van der Waals surface area contributed by atoms with Gasteiger partial charge in [-0.1, -0.05) is 24.3 Å². The van der Waals surface area contributed by atoms with Crippen LogP contribution in [0.15, 0.2) is 42.5 Å². The van der Waals surface area contributed by atoms with Crippen LogP contribution in [0.5, 0.6) is 11.5 Å². The van der Waals surface area contributed by atoms with Gasteiger partial charge in [0.15, 0.2) is 0 Å². The molecule has 0 unspecified atom stereocenters. The molecule has 0 aromatic heterocycles. The van der Waals surface area contributed by atoms with E-state index in [1.165, 1.54) is 21.5 Å². The summed E-state index contributed by atoms with van der Waals surface area (Å²) in [5.74, 6) is 1.78. The zero-order valence-electron chi connectivity index (χ0n) is 11.1. The van der Waals surface area contributed by atoms with Crippen LogP contribution in [0, 0.1) is 0 Å². The third kappa shape index (κ3) is 3.33. The Morgan fingerprint density at radius 1 is 0.750 bits per heavy atom. The Morgan fingerprint density at radius 2 is 1.15 bits per heavy atom. The molecule has 0 heterocycles. The number of benzene rings is 2. The molecule has 5 heteroatoms. The van der Waals surface area contributed by atoms with Crippen LogP contribution < -0.4 is 34.3 Å². The van der Waals surface area contributed by atoms with E-state index in [9.17, 15) is 0 Å². The van der Waals surface area contributed by atoms with Crippen LogP contribution >= 0.6 is 0 Å². The molecule has 0 bridgehead atoms. The van der Waals surface area contributed by atoms with E-state index < -0.39 is 0 Å². The topological polar surface area (TPSA) is 18.5 Å². The molecule has 0 fully saturated rings. The van der Waals surface area contributed by atoms with Crippen molar-refractivity contribution in [2.24, 2.45) is 0 Å². The van der Waals surface area contributed by atoms with Crippen LogP contribution in [0.1, 0.15) is 0 Å². The molecule has 103 valence electrons. The van der Waals surface area contributed by atoms with Gasteiger partial charge in [0.25, 0.3) is 0 Å². The summed E-state index contributed by atoms with van der Waals surface area (Å²) in [6, 6.07) is 14.5. The largest absolute Gasteiger partial charge is 3.00 e. The van der Waals surface area contributed by atoms with Gasteiger partial charge >= 0.3 is 26.2 Å². The standard InChI is InChI=1S/C15H13O2.2ClH.Zr/c1-16-12-3-5-14-10(8-12)7-11-9-13(17-2)4-6-15(11)14;;;/h3-9H,1-2H3;2*1H;/q-1;;;+3/p-2. The van der Waals surface area contributed by atoms with E-state index >= 15 is 0 Å². The fraction of sp³-hybridized carbons (Fsp3) is 0.133. The second-order valence-corrected chi connectivity index (χ2v) is 4.05. The van der Waals surface area contributed by atoms with Gasteiger partial charge in [0.05, 0.1) is 25.7 Å². The minimum atomic E-state index is 0. The molecule has 0 aliphatic rings. The van der Waals surface area contributed by atoms with E-state index in [-0.39, 0.29) is 51.0 Å². The molecule has 3 aromatic carbocycles. The predicted molar refractivity (Wildman–Crippen MR) is 70.2 cm³/mol. The smallest absolute Gasteiger partial charge is 1.00 e. The van der Waals surface area contributed by atoms with Gasteiger partial charge < -0.3 is 34.3 Å². The molecule has 20 heavy (non-hydrogen) atoms. The zero-order chi connectivity index (χ0) is 11.8. The Bertz CT molecular complexity index is 636. The van der Waals surface area contributed by atoms with Crippen molar-refractivity contribution in [3.8, 4) is 11.5 Å². The average Bonchev–Trinajstić information content (AvgIpc) is 2.74. The van der Waals surface area contributed by atoms with Crippen molar-refractivity contribution in [2.45, 2.75) is 0 Å². The maximum Gasteiger partial charge on any atom is 3.00 e. The molecule has 0 N–H and O–H groups in total. The van der Waals surface area contributed by atoms with Crippen LogP contribution in [0.2, 0.25) is 0 Å². The van der Waals surface area contributed by atoms with E-state index in [0.29, 0.717) is 0 Å². The molecule has 0 aliphatic carbocycles. The fourth-order valence-corrected chi connectivity index (χ4v) is 2.23. The molecule has 0 amide bonds. The van der Waals surface area contributed by atoms with Gasteiger partial charge in [-0.2, -0.15) is 0 Å². The van der Waals surface area contributed by atoms with Gasteiger partial charge in [0, 0.05) is 0 Å². The van der Waals surface area contributed by atoms with Gasteiger partial charge in [-0.25, -0.2) is 0 Å². The van der Waals surface area contributed by atoms with Gasteiger partial charge in [-0.3, -0.25) is 0 Å². The Hall–Kier alpha value is -0.627. The van der Waals surface area contributed by atoms with Crippen molar-refractivity contribution in [2.75, 3.05) is 14.2 Å². The number of rotatable bonds is 2. The summed E-state index contributed by atoms with van der Waals surface area (Å²) in [6.45, 7) is 0. The number of methoxy groups -OCH3 is 2. The monoisotopic (exact) mass is 385 g/mol. The van der Waals surface area contributed by atoms with Crippen LogP contribution in [-0.2, 0) is 26.2 Å². The Kier molecular flexibility index (Phi) is 7.72. The minimum Gasteiger partial charge on any atom is -1.00 e. The van der Waals surface area contributed by atoms with Gasteiger partial charge in [-0.05, 0) is 12.1 Å². The molecule has 2 nitrogen and oxygen atoms in total. The fourth-order valence-electron chi connectivity index (χ4n) is 2.23. The van der Waals surface area contributed by atoms with Gasteiger partial charge in [-0.15, -0.1) is 27.6 Å². The van der Waals surface area contributed by atoms with Crippen molar-refractivity contribution in [1.82, 2.24) is 0 Å². The second kappa shape index (κ2) is 7.97. The van der Waals surface area contributed by atoms with Crippen molar-refractivity contribution >= 4 is 21.5 Å². The molecule has 0 aliphatic heterocycles. The number of ether oxygens (including phenoxy) is 2. The Morgan fingerprint density at radius 3 is 1.50 bits per heavy atom. The number of hydrogen-bond acceptors (Lipinski definition) is 2. The quantitative estimate of drug-likeness (QED) is 0.462. The van der Waals surface area contributed by atoms with E-state index in [1.807, 2.05) is 12.1 Å². The van der Waals surface area contributed by atoms with Gasteiger partial charge in [0.2, 0.25) is 0 Å². The van der Waals surface area contributed by atoms with Crippen LogP contribution in [0.25, 0.3) is 21.5 Å². The summed E-state index contributed by atoms with van der Waals surface area (Å²) in [4.78, 5) is 0. The van der Waals surface area contributed by atoms with E-state index in [0.717, 1.165) is 11.5 Å². The van der Waals surface area contributed by atoms with E-state index in [1.54, 1.807) is 14.2 Å². The molecule has 3 aromatic rings. The van der Waals surface area contributed by atoms with E-state index in [2.05, 4.69) is 30.3 Å². The van der Waals surface area contributed by atoms with E-state index in [4.69, 9.17) is 9.47 Å². The van der Waals surface area contributed by atoms with Crippen LogP contribution in [-0.4, -0.2) is 14.2 Å². The first-order valence-corrected chi connectivity index (χ1v) is 5.53. The number of halogens is 2. The first kappa shape index (κ1) is 19.4. The molecule has 0 atom stereocenters. The normalized spacial score (nSPS) is 9.30. The molecule has 3 rings (SSSR count). The predicted octanol–water partition coefficient (Wildman–Crippen LogP) is -2.27. The summed E-state index contributed by atoms with van der Waals surface area (Å²) in [7, 11) is 3.37. The Labute approximate surface area is 149 Å². The molecular formula is C15H13Cl2O2Zr. The summed E-state index contributed by atoms with van der Waals surface area (Å²) >= 11 is 0. The summed E-state index contributed by atoms with van der Waals surface area (Å²) in [6.07, 6.45) is 0. The van der Waals surface area contributed by atoms with Crippen molar-refractivity contribution < 1.29 is 60.5 Å². The van der Waals surface area contributed by atoms with Crippen LogP contribution in [0.3, 0.4) is 0 Å². The summed E-state index contributed by atoms with van der Waals surface area (Å²) in [5, 5.41) is 4.91. The molecule has 0 spiro atoms. The summed E-state index contributed by atoms with van der Waals surface area (Å²) < 4.78 is 10.5. The van der Waals surface area contributed by atoms with Crippen LogP contribution in [0.4, 0.5) is 0 Å². The summed E-state index contributed by atoms with van der Waals surface area (Å²) in [5.41, 5.74) is 0. The number of fused-ring (bicyclic) bond motifs is 3. The van der Waals surface area contributed by atoms with Crippen molar-refractivity contribution in [1.29, 1.82) is 0 Å². The van der Waals surface area contributed by atoms with Gasteiger partial charge in [0.1, 0.15) is 0 Å². The Balaban J connectivity index is 0.00000120.